The number of rotatable bonds is 32. The fourth-order valence-electron chi connectivity index (χ4n) is 6.24. The monoisotopic (exact) mass is 714 g/mol. The van der Waals surface area contributed by atoms with Crippen molar-refractivity contribution < 1.29 is 44.9 Å². The molecule has 1 aliphatic heterocycles. The maximum Gasteiger partial charge on any atom is 0.249 e. The molecule has 0 bridgehead atoms. The minimum atomic E-state index is -1.61. The minimum Gasteiger partial charge on any atom is -0.394 e. The van der Waals surface area contributed by atoms with Crippen LogP contribution in [0.3, 0.4) is 0 Å². The molecule has 8 atom stereocenters. The molecule has 0 saturated carbocycles. The van der Waals surface area contributed by atoms with E-state index < -0.39 is 61.5 Å². The average Bonchev–Trinajstić information content (AvgIpc) is 3.11. The first-order valence-corrected chi connectivity index (χ1v) is 20.2. The van der Waals surface area contributed by atoms with E-state index in [1.165, 1.54) is 96.3 Å². The van der Waals surface area contributed by atoms with Crippen molar-refractivity contribution in [3.63, 3.8) is 0 Å². The third-order valence-corrected chi connectivity index (χ3v) is 9.64. The lowest BCUT2D eigenvalue weighted by molar-refractivity contribution is -0.302. The van der Waals surface area contributed by atoms with E-state index in [0.717, 1.165) is 32.1 Å². The number of aliphatic hydroxyl groups is 6. The fraction of sp³-hybridized carbons (Fsp3) is 0.875. The van der Waals surface area contributed by atoms with Gasteiger partial charge in [0, 0.05) is 0 Å². The molecule has 0 aliphatic carbocycles. The van der Waals surface area contributed by atoms with Crippen molar-refractivity contribution in [1.82, 2.24) is 5.32 Å². The number of carbonyl (C=O) groups is 1. The summed E-state index contributed by atoms with van der Waals surface area (Å²) < 4.78 is 11.1. The van der Waals surface area contributed by atoms with E-state index in [1.54, 1.807) is 6.08 Å². The molecule has 7 N–H and O–H groups in total. The first kappa shape index (κ1) is 46.7. The summed E-state index contributed by atoms with van der Waals surface area (Å²) in [4.78, 5) is 12.9. The third-order valence-electron chi connectivity index (χ3n) is 9.64. The Morgan fingerprint density at radius 2 is 1.18 bits per heavy atom. The van der Waals surface area contributed by atoms with E-state index in [9.17, 15) is 35.4 Å². The summed E-state index contributed by atoms with van der Waals surface area (Å²) in [5, 5.41) is 64.2. The van der Waals surface area contributed by atoms with Crippen LogP contribution in [0.1, 0.15) is 162 Å². The van der Waals surface area contributed by atoms with Gasteiger partial charge in [-0.15, -0.1) is 0 Å². The molecule has 1 saturated heterocycles. The fourth-order valence-corrected chi connectivity index (χ4v) is 6.24. The number of carbonyl (C=O) groups excluding carboxylic acids is 1. The van der Waals surface area contributed by atoms with Crippen molar-refractivity contribution in [2.45, 2.75) is 210 Å². The zero-order chi connectivity index (χ0) is 36.8. The Bertz CT molecular complexity index is 855. The summed E-state index contributed by atoms with van der Waals surface area (Å²) in [5.41, 5.74) is 0. The Labute approximate surface area is 303 Å². The lowest BCUT2D eigenvalue weighted by atomic mass is 9.99. The molecule has 50 heavy (non-hydrogen) atoms. The second-order valence-electron chi connectivity index (χ2n) is 14.2. The molecule has 0 aromatic heterocycles. The zero-order valence-corrected chi connectivity index (χ0v) is 31.5. The van der Waals surface area contributed by atoms with E-state index >= 15 is 0 Å². The standard InChI is InChI=1S/C40H75NO9/c1-3-5-7-9-11-13-14-15-16-17-18-19-21-22-24-26-28-33(43)32(31-49-40-38(47)37(46)36(45)35(30-42)50-40)41-39(48)34(44)29-27-25-23-20-12-10-8-6-4-2/h19,21,26,28,32-38,40,42-47H,3-18,20,22-25,27,29-31H2,1-2H3,(H,41,48)/b21-19+,28-26+. The Balaban J connectivity index is 2.52. The highest BCUT2D eigenvalue weighted by Crippen LogP contribution is 2.22. The van der Waals surface area contributed by atoms with E-state index in [4.69, 9.17) is 9.47 Å². The van der Waals surface area contributed by atoms with Crippen molar-refractivity contribution in [2.24, 2.45) is 0 Å². The number of amides is 1. The summed E-state index contributed by atoms with van der Waals surface area (Å²) in [5.74, 6) is -0.630. The highest BCUT2D eigenvalue weighted by Gasteiger charge is 2.44. The van der Waals surface area contributed by atoms with Gasteiger partial charge >= 0.3 is 0 Å². The molecule has 0 aromatic rings. The zero-order valence-electron chi connectivity index (χ0n) is 31.5. The molecule has 1 amide bonds. The van der Waals surface area contributed by atoms with Gasteiger partial charge in [0.1, 0.15) is 30.5 Å². The number of allylic oxidation sites excluding steroid dienone is 3. The van der Waals surface area contributed by atoms with Crippen LogP contribution in [-0.2, 0) is 14.3 Å². The summed E-state index contributed by atoms with van der Waals surface area (Å²) in [6, 6.07) is -0.990. The molecule has 1 aliphatic rings. The molecule has 0 aromatic carbocycles. The van der Waals surface area contributed by atoms with Crippen molar-refractivity contribution in [3.05, 3.63) is 24.3 Å². The Kier molecular flexibility index (Phi) is 29.1. The summed E-state index contributed by atoms with van der Waals surface area (Å²) in [7, 11) is 0. The normalized spacial score (nSPS) is 23.1. The first-order chi connectivity index (χ1) is 24.3. The van der Waals surface area contributed by atoms with Crippen molar-refractivity contribution in [2.75, 3.05) is 13.2 Å². The molecular weight excluding hydrogens is 638 g/mol. The smallest absolute Gasteiger partial charge is 0.249 e. The molecule has 1 rings (SSSR count). The van der Waals surface area contributed by atoms with E-state index in [1.807, 2.05) is 6.08 Å². The van der Waals surface area contributed by atoms with Crippen LogP contribution in [-0.4, -0.2) is 98.7 Å². The van der Waals surface area contributed by atoms with Gasteiger partial charge in [-0.1, -0.05) is 154 Å². The second kappa shape index (κ2) is 31.2. The number of hydrogen-bond acceptors (Lipinski definition) is 9. The van der Waals surface area contributed by atoms with Gasteiger partial charge in [0.25, 0.3) is 0 Å². The van der Waals surface area contributed by atoms with Crippen LogP contribution < -0.4 is 5.32 Å². The minimum absolute atomic E-state index is 0.305. The lowest BCUT2D eigenvalue weighted by Crippen LogP contribution is -2.60. The molecule has 10 nitrogen and oxygen atoms in total. The Morgan fingerprint density at radius 1 is 0.680 bits per heavy atom. The number of ether oxygens (including phenoxy) is 2. The molecule has 0 radical (unpaired) electrons. The largest absolute Gasteiger partial charge is 0.394 e. The maximum atomic E-state index is 12.9. The molecule has 1 fully saturated rings. The van der Waals surface area contributed by atoms with Crippen LogP contribution in [0.5, 0.6) is 0 Å². The van der Waals surface area contributed by atoms with E-state index in [2.05, 4.69) is 31.3 Å². The van der Waals surface area contributed by atoms with Crippen molar-refractivity contribution >= 4 is 5.91 Å². The number of aliphatic hydroxyl groups excluding tert-OH is 6. The number of unbranched alkanes of at least 4 members (excludes halogenated alkanes) is 19. The number of hydrogen-bond donors (Lipinski definition) is 7. The van der Waals surface area contributed by atoms with Crippen LogP contribution in [0.4, 0.5) is 0 Å². The van der Waals surface area contributed by atoms with Gasteiger partial charge in [-0.2, -0.15) is 0 Å². The highest BCUT2D eigenvalue weighted by atomic mass is 16.7. The Hall–Kier alpha value is -1.37. The summed E-state index contributed by atoms with van der Waals surface area (Å²) >= 11 is 0. The lowest BCUT2D eigenvalue weighted by Gasteiger charge is -2.40. The molecule has 294 valence electrons. The van der Waals surface area contributed by atoms with Gasteiger partial charge in [0.2, 0.25) is 5.91 Å². The average molecular weight is 714 g/mol. The van der Waals surface area contributed by atoms with E-state index in [-0.39, 0.29) is 6.61 Å². The van der Waals surface area contributed by atoms with Crippen LogP contribution in [0.15, 0.2) is 24.3 Å². The number of nitrogens with one attached hydrogen (secondary N) is 1. The molecule has 1 heterocycles. The topological polar surface area (TPSA) is 169 Å². The SMILES string of the molecule is CCCCCCCCCCCC/C=C/CC/C=C/C(O)C(COC1OC(CO)C(O)C(O)C1O)NC(=O)C(O)CCCCCCCCCCC. The van der Waals surface area contributed by atoms with Gasteiger partial charge in [-0.25, -0.2) is 0 Å². The predicted octanol–water partition coefficient (Wildman–Crippen LogP) is 6.13. The van der Waals surface area contributed by atoms with Gasteiger partial charge in [-0.3, -0.25) is 4.79 Å². The highest BCUT2D eigenvalue weighted by molar-refractivity contribution is 5.80. The second-order valence-corrected chi connectivity index (χ2v) is 14.2. The van der Waals surface area contributed by atoms with Crippen molar-refractivity contribution in [3.8, 4) is 0 Å². The summed E-state index contributed by atoms with van der Waals surface area (Å²) in [6.07, 6.45) is 24.2. The van der Waals surface area contributed by atoms with Gasteiger partial charge < -0.3 is 45.4 Å². The Morgan fingerprint density at radius 3 is 1.74 bits per heavy atom. The third kappa shape index (κ3) is 21.9. The van der Waals surface area contributed by atoms with Gasteiger partial charge in [0.05, 0.1) is 25.4 Å². The van der Waals surface area contributed by atoms with Crippen molar-refractivity contribution in [1.29, 1.82) is 0 Å². The first-order valence-electron chi connectivity index (χ1n) is 20.2. The maximum absolute atomic E-state index is 12.9. The molecule has 0 spiro atoms. The van der Waals surface area contributed by atoms with Crippen LogP contribution in [0.25, 0.3) is 0 Å². The molecule has 10 heteroatoms. The summed E-state index contributed by atoms with van der Waals surface area (Å²) in [6.45, 7) is 3.53. The van der Waals surface area contributed by atoms with Gasteiger partial charge in [-0.05, 0) is 32.1 Å². The quantitative estimate of drug-likeness (QED) is 0.0320. The molecular formula is C40H75NO9. The van der Waals surface area contributed by atoms with E-state index in [0.29, 0.717) is 19.3 Å². The van der Waals surface area contributed by atoms with Crippen LogP contribution in [0, 0.1) is 0 Å². The van der Waals surface area contributed by atoms with Crippen LogP contribution >= 0.6 is 0 Å². The molecule has 8 unspecified atom stereocenters. The van der Waals surface area contributed by atoms with Crippen LogP contribution in [0.2, 0.25) is 0 Å². The van der Waals surface area contributed by atoms with Gasteiger partial charge in [0.15, 0.2) is 6.29 Å². The predicted molar refractivity (Wildman–Crippen MR) is 199 cm³/mol.